The summed E-state index contributed by atoms with van der Waals surface area (Å²) in [6, 6.07) is 8.24. The van der Waals surface area contributed by atoms with Crippen LogP contribution in [0.4, 0.5) is 0 Å². The Morgan fingerprint density at radius 3 is 2.71 bits per heavy atom. The number of carbonyl (C=O) groups is 1. The highest BCUT2D eigenvalue weighted by atomic mass is 35.5. The van der Waals surface area contributed by atoms with E-state index in [2.05, 4.69) is 16.4 Å². The van der Waals surface area contributed by atoms with Crippen molar-refractivity contribution < 1.29 is 9.21 Å². The number of aromatic nitrogens is 1. The number of benzene rings is 1. The molecule has 5 nitrogen and oxygen atoms in total. The van der Waals surface area contributed by atoms with E-state index in [1.807, 2.05) is 20.8 Å². The molecular weight excluding hydrogens is 326 g/mol. The van der Waals surface area contributed by atoms with E-state index in [1.54, 1.807) is 30.5 Å². The van der Waals surface area contributed by atoms with Gasteiger partial charge in [0.2, 0.25) is 5.91 Å². The third-order valence-corrected chi connectivity index (χ3v) is 3.85. The maximum Gasteiger partial charge on any atom is 0.221 e. The number of carbonyl (C=O) groups excluding carboxylic acids is 1. The quantitative estimate of drug-likeness (QED) is 0.890. The van der Waals surface area contributed by atoms with Crippen LogP contribution in [0.25, 0.3) is 0 Å². The van der Waals surface area contributed by atoms with Crippen molar-refractivity contribution in [2.45, 2.75) is 45.1 Å². The monoisotopic (exact) mass is 345 g/mol. The highest BCUT2D eigenvalue weighted by Crippen LogP contribution is 2.24. The Hall–Kier alpha value is -2.32. The summed E-state index contributed by atoms with van der Waals surface area (Å²) in [5.41, 5.74) is 0.463. The third kappa shape index (κ3) is 4.59. The van der Waals surface area contributed by atoms with Gasteiger partial charge in [0.25, 0.3) is 0 Å². The first-order valence-corrected chi connectivity index (χ1v) is 8.07. The summed E-state index contributed by atoms with van der Waals surface area (Å²) < 4.78 is 5.66. The van der Waals surface area contributed by atoms with Crippen LogP contribution >= 0.6 is 11.6 Å². The minimum Gasteiger partial charge on any atom is -0.445 e. The fraction of sp³-hybridized carbons (Fsp3) is 0.389. The molecule has 0 bridgehead atoms. The second kappa shape index (κ2) is 7.50. The molecule has 0 unspecified atom stereocenters. The van der Waals surface area contributed by atoms with Gasteiger partial charge in [-0.2, -0.15) is 5.26 Å². The maximum absolute atomic E-state index is 12.1. The number of hydrogen-bond acceptors (Lipinski definition) is 4. The lowest BCUT2D eigenvalue weighted by Gasteiger charge is -2.13. The Bertz CT molecular complexity index is 756. The number of rotatable bonds is 5. The summed E-state index contributed by atoms with van der Waals surface area (Å²) in [5.74, 6) is 1.04. The average molecular weight is 346 g/mol. The summed E-state index contributed by atoms with van der Waals surface area (Å²) >= 11 is 6.07. The number of hydrogen-bond donors (Lipinski definition) is 1. The fourth-order valence-electron chi connectivity index (χ4n) is 2.11. The van der Waals surface area contributed by atoms with Crippen molar-refractivity contribution in [3.8, 4) is 6.07 Å². The van der Waals surface area contributed by atoms with E-state index in [1.165, 1.54) is 0 Å². The molecule has 0 aliphatic carbocycles. The topological polar surface area (TPSA) is 78.9 Å². The number of aryl methyl sites for hydroxylation is 1. The van der Waals surface area contributed by atoms with Gasteiger partial charge in [-0.25, -0.2) is 4.98 Å². The van der Waals surface area contributed by atoms with Crippen LogP contribution in [0.2, 0.25) is 5.02 Å². The number of nitrogens with one attached hydrogen (secondary N) is 1. The van der Waals surface area contributed by atoms with E-state index in [0.29, 0.717) is 22.9 Å². The Balaban J connectivity index is 1.94. The number of amides is 1. The molecular formula is C18H20ClN3O2. The second-order valence-corrected chi connectivity index (χ2v) is 6.93. The first kappa shape index (κ1) is 18.0. The first-order valence-electron chi connectivity index (χ1n) is 7.70. The molecule has 0 saturated carbocycles. The summed E-state index contributed by atoms with van der Waals surface area (Å²) in [5, 5.41) is 12.4. The second-order valence-electron chi connectivity index (χ2n) is 6.52. The first-order chi connectivity index (χ1) is 11.3. The summed E-state index contributed by atoms with van der Waals surface area (Å²) in [4.78, 5) is 16.3. The molecule has 2 rings (SSSR count). The van der Waals surface area contributed by atoms with Crippen LogP contribution in [-0.4, -0.2) is 10.9 Å². The van der Waals surface area contributed by atoms with Crippen LogP contribution in [0.1, 0.15) is 50.4 Å². The molecule has 0 aliphatic rings. The molecule has 0 fully saturated rings. The van der Waals surface area contributed by atoms with E-state index >= 15 is 0 Å². The number of nitrogens with zero attached hydrogens (tertiary/aromatic N) is 2. The van der Waals surface area contributed by atoms with Crippen LogP contribution in [0.3, 0.4) is 0 Å². The predicted molar refractivity (Wildman–Crippen MR) is 91.5 cm³/mol. The van der Waals surface area contributed by atoms with Crippen molar-refractivity contribution in [3.63, 3.8) is 0 Å². The number of oxazole rings is 1. The summed E-state index contributed by atoms with van der Waals surface area (Å²) in [6.07, 6.45) is 2.25. The summed E-state index contributed by atoms with van der Waals surface area (Å²) in [6.45, 7) is 6.10. The lowest BCUT2D eigenvalue weighted by Crippen LogP contribution is -2.28. The highest BCUT2D eigenvalue weighted by molar-refractivity contribution is 6.31. The lowest BCUT2D eigenvalue weighted by molar-refractivity contribution is -0.121. The third-order valence-electron chi connectivity index (χ3n) is 3.51. The van der Waals surface area contributed by atoms with E-state index in [-0.39, 0.29) is 17.7 Å². The molecule has 2 aromatic rings. The van der Waals surface area contributed by atoms with E-state index in [9.17, 15) is 10.1 Å². The Kier molecular flexibility index (Phi) is 5.63. The standard InChI is InChI=1S/C18H20ClN3O2/c1-18(2,3)15-11-21-17(24-15)9-8-16(23)22-14(10-20)12-6-4-5-7-13(12)19/h4-7,11,14H,8-9H2,1-3H3,(H,22,23)/t14-/m1/s1. The molecule has 0 radical (unpaired) electrons. The van der Waals surface area contributed by atoms with Gasteiger partial charge in [0, 0.05) is 28.8 Å². The van der Waals surface area contributed by atoms with Crippen LogP contribution in [0.15, 0.2) is 34.9 Å². The van der Waals surface area contributed by atoms with E-state index in [0.717, 1.165) is 5.76 Å². The molecule has 126 valence electrons. The van der Waals surface area contributed by atoms with Gasteiger partial charge in [0.1, 0.15) is 11.8 Å². The van der Waals surface area contributed by atoms with Gasteiger partial charge in [-0.3, -0.25) is 4.79 Å². The van der Waals surface area contributed by atoms with Crippen LogP contribution in [-0.2, 0) is 16.6 Å². The average Bonchev–Trinajstić information content (AvgIpc) is 3.00. The SMILES string of the molecule is CC(C)(C)c1cnc(CCC(=O)N[C@H](C#N)c2ccccc2Cl)o1. The minimum absolute atomic E-state index is 0.122. The zero-order chi connectivity index (χ0) is 17.7. The van der Waals surface area contributed by atoms with Crippen LogP contribution < -0.4 is 5.32 Å². The van der Waals surface area contributed by atoms with Crippen molar-refractivity contribution in [3.05, 3.63) is 52.7 Å². The molecule has 1 aromatic carbocycles. The van der Waals surface area contributed by atoms with Gasteiger partial charge >= 0.3 is 0 Å². The molecule has 1 amide bonds. The van der Waals surface area contributed by atoms with Gasteiger partial charge in [0.05, 0.1) is 12.3 Å². The van der Waals surface area contributed by atoms with Crippen molar-refractivity contribution in [2.75, 3.05) is 0 Å². The van der Waals surface area contributed by atoms with Crippen LogP contribution in [0, 0.1) is 11.3 Å². The van der Waals surface area contributed by atoms with Crippen LogP contribution in [0.5, 0.6) is 0 Å². The van der Waals surface area contributed by atoms with Gasteiger partial charge in [-0.15, -0.1) is 0 Å². The van der Waals surface area contributed by atoms with Crippen molar-refractivity contribution in [1.82, 2.24) is 10.3 Å². The molecule has 24 heavy (non-hydrogen) atoms. The summed E-state index contributed by atoms with van der Waals surface area (Å²) in [7, 11) is 0. The van der Waals surface area contributed by atoms with Gasteiger partial charge in [-0.1, -0.05) is 50.6 Å². The Morgan fingerprint density at radius 1 is 1.42 bits per heavy atom. The smallest absolute Gasteiger partial charge is 0.221 e. The molecule has 6 heteroatoms. The van der Waals surface area contributed by atoms with E-state index in [4.69, 9.17) is 16.0 Å². The number of nitriles is 1. The maximum atomic E-state index is 12.1. The molecule has 0 spiro atoms. The normalized spacial score (nSPS) is 12.5. The minimum atomic E-state index is -0.777. The lowest BCUT2D eigenvalue weighted by atomic mass is 9.94. The van der Waals surface area contributed by atoms with Crippen molar-refractivity contribution in [2.24, 2.45) is 0 Å². The Morgan fingerprint density at radius 2 is 2.12 bits per heavy atom. The van der Waals surface area contributed by atoms with Gasteiger partial charge < -0.3 is 9.73 Å². The highest BCUT2D eigenvalue weighted by Gasteiger charge is 2.20. The zero-order valence-electron chi connectivity index (χ0n) is 14.0. The largest absolute Gasteiger partial charge is 0.445 e. The molecule has 0 aliphatic heterocycles. The zero-order valence-corrected chi connectivity index (χ0v) is 14.7. The van der Waals surface area contributed by atoms with Gasteiger partial charge in [-0.05, 0) is 6.07 Å². The van der Waals surface area contributed by atoms with E-state index < -0.39 is 6.04 Å². The molecule has 1 aromatic heterocycles. The molecule has 0 saturated heterocycles. The predicted octanol–water partition coefficient (Wildman–Crippen LogP) is 3.94. The molecule has 1 atom stereocenters. The van der Waals surface area contributed by atoms with Gasteiger partial charge in [0.15, 0.2) is 5.89 Å². The number of halogens is 1. The Labute approximate surface area is 146 Å². The fourth-order valence-corrected chi connectivity index (χ4v) is 2.36. The van der Waals surface area contributed by atoms with Crippen molar-refractivity contribution >= 4 is 17.5 Å². The molecule has 1 heterocycles. The molecule has 1 N–H and O–H groups in total. The van der Waals surface area contributed by atoms with Crippen molar-refractivity contribution in [1.29, 1.82) is 5.26 Å².